The molecule has 2 N–H and O–H groups in total. The molecular weight excluding hydrogens is 331 g/mol. The van der Waals surface area contributed by atoms with Crippen molar-refractivity contribution < 1.29 is 23.1 Å². The number of aromatic nitrogens is 2. The zero-order chi connectivity index (χ0) is 17.3. The molecule has 0 aliphatic heterocycles. The van der Waals surface area contributed by atoms with E-state index in [4.69, 9.17) is 0 Å². The van der Waals surface area contributed by atoms with Gasteiger partial charge >= 0.3 is 6.18 Å². The number of halogens is 3. The number of hydrogen-bond acceptors (Lipinski definition) is 4. The maximum absolute atomic E-state index is 13.3. The van der Waals surface area contributed by atoms with Crippen molar-refractivity contribution in [1.82, 2.24) is 14.9 Å². The van der Waals surface area contributed by atoms with Crippen molar-refractivity contribution in [3.63, 3.8) is 0 Å². The molecule has 2 heterocycles. The number of rotatable bonds is 5. The summed E-state index contributed by atoms with van der Waals surface area (Å²) in [5.41, 5.74) is -2.38. The van der Waals surface area contributed by atoms with Gasteiger partial charge in [0.2, 0.25) is 11.5 Å². The molecule has 1 unspecified atom stereocenters. The van der Waals surface area contributed by atoms with Crippen LogP contribution < -0.4 is 5.32 Å². The van der Waals surface area contributed by atoms with Crippen LogP contribution >= 0.6 is 11.3 Å². The van der Waals surface area contributed by atoms with Gasteiger partial charge in [-0.1, -0.05) is 0 Å². The van der Waals surface area contributed by atoms with Gasteiger partial charge in [0.1, 0.15) is 0 Å². The molecule has 9 heteroatoms. The van der Waals surface area contributed by atoms with Gasteiger partial charge in [-0.05, 0) is 23.9 Å². The van der Waals surface area contributed by atoms with Crippen molar-refractivity contribution in [1.29, 1.82) is 0 Å². The lowest BCUT2D eigenvalue weighted by molar-refractivity contribution is -0.271. The molecule has 23 heavy (non-hydrogen) atoms. The zero-order valence-electron chi connectivity index (χ0n) is 12.5. The van der Waals surface area contributed by atoms with Crippen molar-refractivity contribution in [3.05, 3.63) is 40.1 Å². The van der Waals surface area contributed by atoms with Crippen LogP contribution in [0.4, 0.5) is 13.2 Å². The summed E-state index contributed by atoms with van der Waals surface area (Å²) in [6.07, 6.45) is -3.76. The van der Waals surface area contributed by atoms with Crippen LogP contribution in [0.2, 0.25) is 0 Å². The largest absolute Gasteiger partial charge is 0.425 e. The van der Waals surface area contributed by atoms with Crippen LogP contribution in [-0.2, 0) is 24.0 Å². The number of carbonyl (C=O) groups is 1. The molecule has 0 aliphatic rings. The SMILES string of the molecule is Cc1ccsc1CNC(=O)CC(O)(c1nccn1C)C(F)(F)F. The topological polar surface area (TPSA) is 67.2 Å². The number of carbonyl (C=O) groups excluding carboxylic acids is 1. The van der Waals surface area contributed by atoms with E-state index in [0.717, 1.165) is 21.2 Å². The van der Waals surface area contributed by atoms with Crippen LogP contribution in [0.1, 0.15) is 22.7 Å². The van der Waals surface area contributed by atoms with Gasteiger partial charge in [-0.2, -0.15) is 13.2 Å². The Morgan fingerprint density at radius 1 is 1.48 bits per heavy atom. The van der Waals surface area contributed by atoms with Crippen LogP contribution in [0.3, 0.4) is 0 Å². The molecule has 0 bridgehead atoms. The highest BCUT2D eigenvalue weighted by Gasteiger charge is 2.58. The van der Waals surface area contributed by atoms with Crippen LogP contribution in [0.5, 0.6) is 0 Å². The molecule has 1 atom stereocenters. The molecule has 0 radical (unpaired) electrons. The minimum absolute atomic E-state index is 0.122. The number of hydrogen-bond donors (Lipinski definition) is 2. The normalized spacial score (nSPS) is 14.5. The fourth-order valence-electron chi connectivity index (χ4n) is 2.13. The summed E-state index contributed by atoms with van der Waals surface area (Å²) in [5, 5.41) is 14.3. The van der Waals surface area contributed by atoms with Gasteiger partial charge in [0, 0.05) is 24.3 Å². The van der Waals surface area contributed by atoms with Crippen LogP contribution in [-0.4, -0.2) is 26.7 Å². The fraction of sp³-hybridized carbons (Fsp3) is 0.429. The number of nitrogens with zero attached hydrogens (tertiary/aromatic N) is 2. The maximum Gasteiger partial charge on any atom is 0.425 e. The summed E-state index contributed by atoms with van der Waals surface area (Å²) in [5.74, 6) is -1.52. The van der Waals surface area contributed by atoms with E-state index in [1.807, 2.05) is 18.4 Å². The summed E-state index contributed by atoms with van der Waals surface area (Å²) in [7, 11) is 1.33. The average Bonchev–Trinajstić information content (AvgIpc) is 3.04. The molecule has 0 aromatic carbocycles. The highest BCUT2D eigenvalue weighted by atomic mass is 32.1. The van der Waals surface area contributed by atoms with Crippen molar-refractivity contribution >= 4 is 17.2 Å². The fourth-order valence-corrected chi connectivity index (χ4v) is 2.97. The summed E-state index contributed by atoms with van der Waals surface area (Å²) in [6.45, 7) is 1.97. The highest BCUT2D eigenvalue weighted by molar-refractivity contribution is 7.10. The molecule has 1 amide bonds. The maximum atomic E-state index is 13.3. The third-order valence-corrected chi connectivity index (χ3v) is 4.51. The molecule has 2 aromatic rings. The van der Waals surface area contributed by atoms with Crippen molar-refractivity contribution in [2.75, 3.05) is 0 Å². The van der Waals surface area contributed by atoms with Crippen molar-refractivity contribution in [2.45, 2.75) is 31.7 Å². The first-order chi connectivity index (χ1) is 10.6. The molecule has 0 saturated heterocycles. The van der Waals surface area contributed by atoms with Crippen molar-refractivity contribution in [2.24, 2.45) is 7.05 Å². The van der Waals surface area contributed by atoms with Gasteiger partial charge in [-0.3, -0.25) is 4.79 Å². The number of nitrogens with one attached hydrogen (secondary N) is 1. The summed E-state index contributed by atoms with van der Waals surface area (Å²) < 4.78 is 41.0. The highest BCUT2D eigenvalue weighted by Crippen LogP contribution is 2.40. The standard InChI is InChI=1S/C14H16F3N3O2S/c1-9-3-6-23-10(9)8-19-11(21)7-13(22,14(15,16)17)12-18-4-5-20(12)2/h3-6,22H,7-8H2,1-2H3,(H,19,21). The zero-order valence-corrected chi connectivity index (χ0v) is 13.3. The van der Waals surface area contributed by atoms with Gasteiger partial charge in [0.05, 0.1) is 13.0 Å². The third-order valence-electron chi connectivity index (χ3n) is 3.49. The Hall–Kier alpha value is -1.87. The number of thiophene rings is 1. The second kappa shape index (κ2) is 6.32. The van der Waals surface area contributed by atoms with E-state index < -0.39 is 29.9 Å². The Bertz CT molecular complexity index is 695. The quantitative estimate of drug-likeness (QED) is 0.872. The Balaban J connectivity index is 2.14. The van der Waals surface area contributed by atoms with Crippen molar-refractivity contribution in [3.8, 4) is 0 Å². The molecule has 0 saturated carbocycles. The van der Waals surface area contributed by atoms with Gasteiger partial charge < -0.3 is 15.0 Å². The van der Waals surface area contributed by atoms with Gasteiger partial charge in [-0.25, -0.2) is 4.98 Å². The Morgan fingerprint density at radius 3 is 2.65 bits per heavy atom. The lowest BCUT2D eigenvalue weighted by Crippen LogP contribution is -2.47. The lowest BCUT2D eigenvalue weighted by atomic mass is 9.97. The molecule has 0 fully saturated rings. The van der Waals surface area contributed by atoms with E-state index in [0.29, 0.717) is 0 Å². The Kier molecular flexibility index (Phi) is 4.81. The molecule has 2 aromatic heterocycles. The first-order valence-corrected chi connectivity index (χ1v) is 7.59. The number of aliphatic hydroxyl groups is 1. The molecule has 126 valence electrons. The third kappa shape index (κ3) is 3.56. The molecule has 5 nitrogen and oxygen atoms in total. The summed E-state index contributed by atoms with van der Waals surface area (Å²) >= 11 is 1.40. The summed E-state index contributed by atoms with van der Waals surface area (Å²) in [4.78, 5) is 16.3. The van der Waals surface area contributed by atoms with E-state index in [1.54, 1.807) is 0 Å². The summed E-state index contributed by atoms with van der Waals surface area (Å²) in [6, 6.07) is 1.85. The van der Waals surface area contributed by atoms with Gasteiger partial charge in [0.25, 0.3) is 0 Å². The number of amides is 1. The second-order valence-electron chi connectivity index (χ2n) is 5.20. The van der Waals surface area contributed by atoms with Crippen LogP contribution in [0.15, 0.2) is 23.8 Å². The van der Waals surface area contributed by atoms with E-state index in [1.165, 1.54) is 24.6 Å². The number of imidazole rings is 1. The Morgan fingerprint density at radius 2 is 2.17 bits per heavy atom. The Labute approximate surface area is 134 Å². The predicted molar refractivity (Wildman–Crippen MR) is 78.7 cm³/mol. The predicted octanol–water partition coefficient (Wildman–Crippen LogP) is 2.25. The van der Waals surface area contributed by atoms with E-state index in [-0.39, 0.29) is 6.54 Å². The monoisotopic (exact) mass is 347 g/mol. The minimum Gasteiger partial charge on any atom is -0.374 e. The lowest BCUT2D eigenvalue weighted by Gasteiger charge is -2.29. The van der Waals surface area contributed by atoms with Gasteiger partial charge in [-0.15, -0.1) is 11.3 Å². The molecule has 0 spiro atoms. The van der Waals surface area contributed by atoms with Crippen LogP contribution in [0, 0.1) is 6.92 Å². The van der Waals surface area contributed by atoms with E-state index in [9.17, 15) is 23.1 Å². The molecule has 2 rings (SSSR count). The average molecular weight is 347 g/mol. The number of alkyl halides is 3. The smallest absolute Gasteiger partial charge is 0.374 e. The van der Waals surface area contributed by atoms with E-state index in [2.05, 4.69) is 10.3 Å². The van der Waals surface area contributed by atoms with Crippen LogP contribution in [0.25, 0.3) is 0 Å². The first-order valence-electron chi connectivity index (χ1n) is 6.71. The number of aryl methyl sites for hydroxylation is 2. The molecular formula is C14H16F3N3O2S. The minimum atomic E-state index is -5.03. The molecule has 0 aliphatic carbocycles. The second-order valence-corrected chi connectivity index (χ2v) is 6.20. The van der Waals surface area contributed by atoms with Gasteiger partial charge in [0.15, 0.2) is 5.82 Å². The van der Waals surface area contributed by atoms with E-state index >= 15 is 0 Å². The first kappa shape index (κ1) is 17.5.